The van der Waals surface area contributed by atoms with Crippen molar-refractivity contribution in [3.63, 3.8) is 0 Å². The summed E-state index contributed by atoms with van der Waals surface area (Å²) in [6.45, 7) is 12.9. The van der Waals surface area contributed by atoms with Crippen molar-refractivity contribution in [1.82, 2.24) is 24.5 Å². The van der Waals surface area contributed by atoms with E-state index in [0.717, 1.165) is 95.9 Å². The van der Waals surface area contributed by atoms with Gasteiger partial charge in [-0.05, 0) is 38.5 Å². The van der Waals surface area contributed by atoms with E-state index in [1.807, 2.05) is 75.5 Å². The molecule has 5 heterocycles. The first-order chi connectivity index (χ1) is 27.8. The smallest absolute Gasteiger partial charge is 0.124 e. The maximum Gasteiger partial charge on any atom is 0.124 e. The first-order valence-corrected chi connectivity index (χ1v) is 27.3. The first kappa shape index (κ1) is 41.9. The van der Waals surface area contributed by atoms with E-state index in [4.69, 9.17) is 14.4 Å². The van der Waals surface area contributed by atoms with Gasteiger partial charge in [0.1, 0.15) is 5.58 Å². The number of fused-ring (bicyclic) bond motifs is 4. The molecule has 9 rings (SSSR count). The normalized spacial score (nSPS) is 11.7. The van der Waals surface area contributed by atoms with Gasteiger partial charge in [0.15, 0.2) is 0 Å². The van der Waals surface area contributed by atoms with Gasteiger partial charge in [0.05, 0.1) is 28.1 Å². The Morgan fingerprint density at radius 1 is 0.763 bits per heavy atom. The fraction of sp³-hybridized carbons (Fsp3) is 0.216. The largest absolute Gasteiger partial charge is 0.500 e. The van der Waals surface area contributed by atoms with Crippen molar-refractivity contribution in [1.29, 1.82) is 0 Å². The predicted octanol–water partition coefficient (Wildman–Crippen LogP) is 12.5. The van der Waals surface area contributed by atoms with E-state index < -0.39 is 13.3 Å². The third kappa shape index (κ3) is 8.61. The minimum absolute atomic E-state index is 0. The number of hydrogen-bond acceptors (Lipinski definition) is 5. The first-order valence-electron chi connectivity index (χ1n) is 19.9. The van der Waals surface area contributed by atoms with Crippen LogP contribution < -0.4 is 4.40 Å². The summed E-state index contributed by atoms with van der Waals surface area (Å²) in [6, 6.07) is 44.0. The summed E-state index contributed by atoms with van der Waals surface area (Å²) in [7, 11) is 0. The number of benzene rings is 4. The van der Waals surface area contributed by atoms with Crippen LogP contribution in [0.25, 0.3) is 72.4 Å². The monoisotopic (exact) mass is 1010 g/mol. The van der Waals surface area contributed by atoms with E-state index in [-0.39, 0.29) is 20.1 Å². The molecular weight excluding hydrogens is 963 g/mol. The summed E-state index contributed by atoms with van der Waals surface area (Å²) in [6.07, 6.45) is 5.08. The summed E-state index contributed by atoms with van der Waals surface area (Å²) in [5.41, 5.74) is 14.2. The van der Waals surface area contributed by atoms with Gasteiger partial charge in [0.25, 0.3) is 0 Å². The Hall–Kier alpha value is -5.21. The van der Waals surface area contributed by atoms with Crippen molar-refractivity contribution in [2.45, 2.75) is 65.2 Å². The van der Waals surface area contributed by atoms with E-state index in [1.54, 1.807) is 0 Å². The zero-order valence-corrected chi connectivity index (χ0v) is 39.7. The van der Waals surface area contributed by atoms with Gasteiger partial charge in [-0.3, -0.25) is 15.0 Å². The van der Waals surface area contributed by atoms with Crippen LogP contribution in [0.5, 0.6) is 0 Å². The van der Waals surface area contributed by atoms with Crippen molar-refractivity contribution in [2.24, 2.45) is 5.41 Å². The molecule has 1 radical (unpaired) electrons. The van der Waals surface area contributed by atoms with Crippen molar-refractivity contribution in [2.75, 3.05) is 0 Å². The fourth-order valence-electron chi connectivity index (χ4n) is 7.93. The molecule has 0 saturated heterocycles. The molecule has 0 saturated carbocycles. The molecule has 0 atom stereocenters. The number of nitrogens with zero attached hydrogens (tertiary/aromatic N) is 5. The summed E-state index contributed by atoms with van der Waals surface area (Å²) in [5, 5.41) is 2.04. The molecule has 0 bridgehead atoms. The van der Waals surface area contributed by atoms with Crippen molar-refractivity contribution < 1.29 is 24.5 Å². The van der Waals surface area contributed by atoms with E-state index >= 15 is 0 Å². The molecule has 6 nitrogen and oxygen atoms in total. The molecule has 0 N–H and O–H groups in total. The summed E-state index contributed by atoms with van der Waals surface area (Å²) in [5.74, 6) is 8.09. The molecule has 9 aromatic rings. The molecule has 0 fully saturated rings. The number of aryl methyl sites for hydroxylation is 3. The van der Waals surface area contributed by atoms with Crippen LogP contribution in [0.2, 0.25) is 17.3 Å². The van der Waals surface area contributed by atoms with Gasteiger partial charge < -0.3 is 8.98 Å². The molecular formula is C51H49GeIrN5O-2. The van der Waals surface area contributed by atoms with Gasteiger partial charge in [-0.1, -0.05) is 59.5 Å². The standard InChI is InChI=1S/C32H23N4O.C19H26GeN.Ir/c1-19-18-28-29(20(2)34-19)24-13-9-14-25(31(24)37-28)32-35-30-21(3)33-17-16-27(30)36(32)26-15-8-7-12-23(26)22-10-5-4-6-11-22;1-19(2,3)13-16-12-18(15-10-8-7-9-11-15)21-14-17(16)20(4,5)6;/h4-13,15-18H,1-3H3;7-10,12,14H,13H2,1-6H3;/q2*-1;. The third-order valence-electron chi connectivity index (χ3n) is 10.4. The Bertz CT molecular complexity index is 2920. The second kappa shape index (κ2) is 16.8. The maximum absolute atomic E-state index is 6.49. The van der Waals surface area contributed by atoms with Crippen LogP contribution in [-0.2, 0) is 26.5 Å². The van der Waals surface area contributed by atoms with Crippen LogP contribution >= 0.6 is 0 Å². The van der Waals surface area contributed by atoms with Gasteiger partial charge in [-0.15, -0.1) is 18.2 Å². The van der Waals surface area contributed by atoms with Gasteiger partial charge >= 0.3 is 132 Å². The van der Waals surface area contributed by atoms with Crippen LogP contribution in [0.4, 0.5) is 0 Å². The van der Waals surface area contributed by atoms with Crippen LogP contribution in [0.3, 0.4) is 0 Å². The van der Waals surface area contributed by atoms with E-state index in [0.29, 0.717) is 5.41 Å². The fourth-order valence-corrected chi connectivity index (χ4v) is 11.2. The summed E-state index contributed by atoms with van der Waals surface area (Å²) < 4.78 is 10.2. The van der Waals surface area contributed by atoms with E-state index in [2.05, 4.69) is 132 Å². The Morgan fingerprint density at radius 3 is 2.24 bits per heavy atom. The molecule has 299 valence electrons. The molecule has 59 heavy (non-hydrogen) atoms. The van der Waals surface area contributed by atoms with Gasteiger partial charge in [0, 0.05) is 60.4 Å². The number of pyridine rings is 3. The molecule has 8 heteroatoms. The molecule has 0 aliphatic carbocycles. The summed E-state index contributed by atoms with van der Waals surface area (Å²) >= 11 is -1.90. The number of imidazole rings is 1. The Morgan fingerprint density at radius 2 is 1.51 bits per heavy atom. The second-order valence-corrected chi connectivity index (χ2v) is 27.9. The van der Waals surface area contributed by atoms with E-state index in [9.17, 15) is 0 Å². The van der Waals surface area contributed by atoms with Crippen LogP contribution in [0, 0.1) is 38.3 Å². The Kier molecular flexibility index (Phi) is 11.9. The SMILES string of the molecule is CC(C)(C)Cc1cc(-c2[c-]cccc2)nc[c]1[Ge]([CH3])([CH3])[CH3].Cc1cc2oc3c(-c4nc5c(C)nccc5n4-c4ccccc4-c4ccccc4)[c-]ccc3c2c(C)n1.[Ir]. The zero-order chi connectivity index (χ0) is 40.8. The Balaban J connectivity index is 0.000000206. The number of furan rings is 1. The number of hydrogen-bond donors (Lipinski definition) is 0. The van der Waals surface area contributed by atoms with Crippen LogP contribution in [0.1, 0.15) is 43.4 Å². The van der Waals surface area contributed by atoms with Gasteiger partial charge in [-0.25, -0.2) is 0 Å². The molecule has 0 amide bonds. The van der Waals surface area contributed by atoms with Crippen LogP contribution in [-0.4, -0.2) is 37.8 Å². The molecule has 4 aromatic carbocycles. The number of para-hydroxylation sites is 1. The Labute approximate surface area is 363 Å². The maximum atomic E-state index is 6.49. The average Bonchev–Trinajstić information content (AvgIpc) is 3.77. The van der Waals surface area contributed by atoms with Crippen LogP contribution in [0.15, 0.2) is 126 Å². The zero-order valence-electron chi connectivity index (χ0n) is 35.2. The minimum Gasteiger partial charge on any atom is -0.500 e. The molecule has 0 unspecified atom stereocenters. The van der Waals surface area contributed by atoms with Gasteiger partial charge in [-0.2, -0.15) is 0 Å². The minimum atomic E-state index is -1.90. The molecule has 5 aromatic heterocycles. The number of rotatable bonds is 6. The predicted molar refractivity (Wildman–Crippen MR) is 243 cm³/mol. The molecule has 0 spiro atoms. The van der Waals surface area contributed by atoms with Crippen molar-refractivity contribution in [3.8, 4) is 39.5 Å². The average molecular weight is 1010 g/mol. The van der Waals surface area contributed by atoms with E-state index in [1.165, 1.54) is 9.96 Å². The second-order valence-electron chi connectivity index (χ2n) is 17.3. The van der Waals surface area contributed by atoms with Crippen molar-refractivity contribution >= 4 is 50.6 Å². The van der Waals surface area contributed by atoms with Crippen molar-refractivity contribution in [3.05, 3.63) is 156 Å². The third-order valence-corrected chi connectivity index (χ3v) is 14.8. The quantitative estimate of drug-likeness (QED) is 0.123. The molecule has 0 aliphatic heterocycles. The number of aromatic nitrogens is 5. The van der Waals surface area contributed by atoms with Gasteiger partial charge in [0.2, 0.25) is 0 Å². The molecule has 0 aliphatic rings. The topological polar surface area (TPSA) is 69.6 Å². The summed E-state index contributed by atoms with van der Waals surface area (Å²) in [4.78, 5) is 19.1.